The molecule has 0 fully saturated rings. The number of nitrogens with two attached hydrogens (primary N) is 1. The van der Waals surface area contributed by atoms with E-state index in [9.17, 15) is 4.39 Å². The van der Waals surface area contributed by atoms with Crippen LogP contribution in [0.25, 0.3) is 22.4 Å². The molecule has 1 heterocycles. The van der Waals surface area contributed by atoms with Crippen molar-refractivity contribution in [1.29, 1.82) is 0 Å². The zero-order valence-corrected chi connectivity index (χ0v) is 11.2. The summed E-state index contributed by atoms with van der Waals surface area (Å²) in [7, 11) is 0. The third kappa shape index (κ3) is 2.42. The van der Waals surface area contributed by atoms with Gasteiger partial charge in [0, 0.05) is 6.04 Å². The highest BCUT2D eigenvalue weighted by Gasteiger charge is 2.10. The second-order valence-corrected chi connectivity index (χ2v) is 5.10. The summed E-state index contributed by atoms with van der Waals surface area (Å²) in [5.41, 5.74) is 9.18. The van der Waals surface area contributed by atoms with Crippen LogP contribution >= 0.6 is 0 Å². The number of nitrogens with zero attached hydrogens (tertiary/aromatic N) is 1. The monoisotopic (exact) mass is 269 g/mol. The summed E-state index contributed by atoms with van der Waals surface area (Å²) in [4.78, 5) is 7.61. The Hall–Kier alpha value is -2.20. The van der Waals surface area contributed by atoms with Crippen LogP contribution in [0.2, 0.25) is 0 Å². The third-order valence-corrected chi connectivity index (χ3v) is 3.23. The number of imidazole rings is 1. The van der Waals surface area contributed by atoms with Crippen molar-refractivity contribution in [1.82, 2.24) is 9.97 Å². The van der Waals surface area contributed by atoms with Gasteiger partial charge in [-0.2, -0.15) is 0 Å². The van der Waals surface area contributed by atoms with Crippen LogP contribution in [-0.2, 0) is 6.42 Å². The number of fused-ring (bicyclic) bond motifs is 1. The van der Waals surface area contributed by atoms with E-state index in [0.29, 0.717) is 11.4 Å². The molecule has 0 radical (unpaired) electrons. The van der Waals surface area contributed by atoms with Crippen molar-refractivity contribution < 1.29 is 4.39 Å². The Morgan fingerprint density at radius 1 is 1.25 bits per heavy atom. The van der Waals surface area contributed by atoms with E-state index in [1.807, 2.05) is 25.1 Å². The van der Waals surface area contributed by atoms with E-state index in [2.05, 4.69) is 9.97 Å². The van der Waals surface area contributed by atoms with Crippen LogP contribution in [-0.4, -0.2) is 16.0 Å². The van der Waals surface area contributed by atoms with Crippen LogP contribution in [0.15, 0.2) is 42.5 Å². The van der Waals surface area contributed by atoms with Gasteiger partial charge in [0.05, 0.1) is 16.6 Å². The predicted molar refractivity (Wildman–Crippen MR) is 78.8 cm³/mol. The molecule has 4 heteroatoms. The molecule has 0 amide bonds. The molecule has 0 spiro atoms. The zero-order valence-electron chi connectivity index (χ0n) is 11.2. The Balaban J connectivity index is 2.05. The quantitative estimate of drug-likeness (QED) is 0.766. The summed E-state index contributed by atoms with van der Waals surface area (Å²) in [6.07, 6.45) is 0.810. The van der Waals surface area contributed by atoms with Gasteiger partial charge >= 0.3 is 0 Å². The number of aromatic nitrogens is 2. The Morgan fingerprint density at radius 2 is 2.05 bits per heavy atom. The van der Waals surface area contributed by atoms with Gasteiger partial charge in [0.15, 0.2) is 0 Å². The predicted octanol–water partition coefficient (Wildman–Crippen LogP) is 3.26. The third-order valence-electron chi connectivity index (χ3n) is 3.23. The van der Waals surface area contributed by atoms with Crippen molar-refractivity contribution in [2.24, 2.45) is 5.73 Å². The molecule has 0 aliphatic rings. The van der Waals surface area contributed by atoms with E-state index in [1.54, 1.807) is 18.2 Å². The average Bonchev–Trinajstić information content (AvgIpc) is 2.81. The van der Waals surface area contributed by atoms with Crippen molar-refractivity contribution in [3.05, 3.63) is 53.8 Å². The molecule has 1 atom stereocenters. The first kappa shape index (κ1) is 12.8. The first-order valence-electron chi connectivity index (χ1n) is 6.62. The minimum atomic E-state index is -0.276. The molecule has 0 saturated heterocycles. The molecule has 2 aromatic carbocycles. The summed E-state index contributed by atoms with van der Waals surface area (Å²) in [6, 6.07) is 12.7. The summed E-state index contributed by atoms with van der Waals surface area (Å²) >= 11 is 0. The van der Waals surface area contributed by atoms with Gasteiger partial charge < -0.3 is 10.7 Å². The molecule has 1 unspecified atom stereocenters. The minimum Gasteiger partial charge on any atom is -0.338 e. The standard InChI is InChI=1S/C16H16FN3/c1-10(18)8-11-6-7-14-15(9-11)20-16(19-14)12-4-2-3-5-13(12)17/h2-7,9-10H,8,18H2,1H3,(H,19,20). The van der Waals surface area contributed by atoms with Crippen LogP contribution < -0.4 is 5.73 Å². The lowest BCUT2D eigenvalue weighted by Crippen LogP contribution is -2.17. The molecular formula is C16H16FN3. The Kier molecular flexibility index (Phi) is 3.24. The van der Waals surface area contributed by atoms with Gasteiger partial charge in [0.1, 0.15) is 11.6 Å². The van der Waals surface area contributed by atoms with Crippen molar-refractivity contribution in [2.45, 2.75) is 19.4 Å². The summed E-state index contributed by atoms with van der Waals surface area (Å²) < 4.78 is 13.8. The van der Waals surface area contributed by atoms with Crippen molar-refractivity contribution in [2.75, 3.05) is 0 Å². The fraction of sp³-hybridized carbons (Fsp3) is 0.188. The van der Waals surface area contributed by atoms with Gasteiger partial charge in [-0.25, -0.2) is 9.37 Å². The fourth-order valence-electron chi connectivity index (χ4n) is 2.34. The minimum absolute atomic E-state index is 0.112. The van der Waals surface area contributed by atoms with Crippen molar-refractivity contribution in [3.63, 3.8) is 0 Å². The summed E-state index contributed by atoms with van der Waals surface area (Å²) in [5.74, 6) is 0.276. The second-order valence-electron chi connectivity index (χ2n) is 5.10. The molecule has 1 aromatic heterocycles. The average molecular weight is 269 g/mol. The Morgan fingerprint density at radius 3 is 2.80 bits per heavy atom. The number of halogens is 1. The molecule has 0 aliphatic heterocycles. The van der Waals surface area contributed by atoms with E-state index in [-0.39, 0.29) is 11.9 Å². The number of rotatable bonds is 3. The molecule has 3 rings (SSSR count). The number of hydrogen-bond acceptors (Lipinski definition) is 2. The molecular weight excluding hydrogens is 253 g/mol. The molecule has 20 heavy (non-hydrogen) atoms. The van der Waals surface area contributed by atoms with E-state index >= 15 is 0 Å². The SMILES string of the molecule is CC(N)Cc1ccc2nc(-c3ccccc3F)[nH]c2c1. The number of hydrogen-bond donors (Lipinski definition) is 2. The maximum atomic E-state index is 13.8. The van der Waals surface area contributed by atoms with Crippen molar-refractivity contribution in [3.8, 4) is 11.4 Å². The Labute approximate surface area is 116 Å². The molecule has 0 aliphatic carbocycles. The van der Waals surface area contributed by atoms with Gasteiger partial charge in [0.25, 0.3) is 0 Å². The van der Waals surface area contributed by atoms with Gasteiger partial charge in [-0.15, -0.1) is 0 Å². The van der Waals surface area contributed by atoms with Gasteiger partial charge in [-0.3, -0.25) is 0 Å². The van der Waals surface area contributed by atoms with E-state index in [4.69, 9.17) is 5.73 Å². The van der Waals surface area contributed by atoms with E-state index in [0.717, 1.165) is 23.0 Å². The lowest BCUT2D eigenvalue weighted by atomic mass is 10.1. The Bertz CT molecular complexity index is 746. The first-order valence-corrected chi connectivity index (χ1v) is 6.62. The largest absolute Gasteiger partial charge is 0.338 e. The maximum absolute atomic E-state index is 13.8. The summed E-state index contributed by atoms with van der Waals surface area (Å²) in [5, 5.41) is 0. The number of nitrogens with one attached hydrogen (secondary N) is 1. The van der Waals surface area contributed by atoms with E-state index < -0.39 is 0 Å². The second kappa shape index (κ2) is 5.06. The van der Waals surface area contributed by atoms with Gasteiger partial charge in [0.2, 0.25) is 0 Å². The topological polar surface area (TPSA) is 54.7 Å². The van der Waals surface area contributed by atoms with Crippen LogP contribution in [0.3, 0.4) is 0 Å². The number of benzene rings is 2. The smallest absolute Gasteiger partial charge is 0.141 e. The number of aromatic amines is 1. The summed E-state index contributed by atoms with van der Waals surface area (Å²) in [6.45, 7) is 1.97. The van der Waals surface area contributed by atoms with Crippen LogP contribution in [0.4, 0.5) is 4.39 Å². The highest BCUT2D eigenvalue weighted by atomic mass is 19.1. The van der Waals surface area contributed by atoms with Gasteiger partial charge in [-0.05, 0) is 43.2 Å². The van der Waals surface area contributed by atoms with Crippen LogP contribution in [0.5, 0.6) is 0 Å². The number of H-pyrrole nitrogens is 1. The molecule has 3 aromatic rings. The lowest BCUT2D eigenvalue weighted by Gasteiger charge is -2.04. The molecule has 0 saturated carbocycles. The van der Waals surface area contributed by atoms with E-state index in [1.165, 1.54) is 6.07 Å². The zero-order chi connectivity index (χ0) is 14.1. The normalized spacial score (nSPS) is 12.8. The molecule has 102 valence electrons. The van der Waals surface area contributed by atoms with Crippen molar-refractivity contribution >= 4 is 11.0 Å². The lowest BCUT2D eigenvalue weighted by molar-refractivity contribution is 0.630. The van der Waals surface area contributed by atoms with Gasteiger partial charge in [-0.1, -0.05) is 18.2 Å². The first-order chi connectivity index (χ1) is 9.63. The highest BCUT2D eigenvalue weighted by Crippen LogP contribution is 2.23. The van der Waals surface area contributed by atoms with Crippen LogP contribution in [0.1, 0.15) is 12.5 Å². The van der Waals surface area contributed by atoms with Crippen LogP contribution in [0, 0.1) is 5.82 Å². The molecule has 3 N–H and O–H groups in total. The highest BCUT2D eigenvalue weighted by molar-refractivity contribution is 5.80. The molecule has 0 bridgehead atoms. The fourth-order valence-corrected chi connectivity index (χ4v) is 2.34. The molecule has 3 nitrogen and oxygen atoms in total. The maximum Gasteiger partial charge on any atom is 0.141 e.